The molecule has 0 amide bonds. The number of allylic oxidation sites excluding steroid dienone is 1. The highest BCUT2D eigenvalue weighted by Crippen LogP contribution is 2.19. The average molecular weight is 1110 g/mol. The predicted octanol–water partition coefficient (Wildman–Crippen LogP) is 22.1. The van der Waals surface area contributed by atoms with E-state index in [1.54, 1.807) is 6.08 Å². The number of unbranched alkanes of at least 4 members (excludes halogenated alkanes) is 28. The van der Waals surface area contributed by atoms with Crippen molar-refractivity contribution < 1.29 is 33.4 Å². The maximum Gasteiger partial charge on any atom is 0.306 e. The maximum atomic E-state index is 12.3. The van der Waals surface area contributed by atoms with Crippen molar-refractivity contribution in [3.8, 4) is 0 Å². The van der Waals surface area contributed by atoms with E-state index in [9.17, 15) is 19.2 Å². The lowest BCUT2D eigenvalue weighted by molar-refractivity contribution is -0.150. The fourth-order valence-corrected chi connectivity index (χ4v) is 8.16. The Morgan fingerprint density at radius 1 is 0.481 bits per heavy atom. The Balaban J connectivity index is -0.000000235. The predicted molar refractivity (Wildman–Crippen MR) is 344 cm³/mol. The fraction of sp³-hybridized carbons (Fsp3) is 0.912. The molecule has 0 radical (unpaired) electrons. The third-order valence-corrected chi connectivity index (χ3v) is 13.1. The number of thiol groups is 1. The minimum Gasteiger partial charge on any atom is -0.468 e. The summed E-state index contributed by atoms with van der Waals surface area (Å²) in [6.07, 6.45) is 52.7. The van der Waals surface area contributed by atoms with E-state index in [0.717, 1.165) is 76.5 Å². The molecular formula is C68H139NO7S. The van der Waals surface area contributed by atoms with E-state index in [4.69, 9.17) is 9.47 Å². The van der Waals surface area contributed by atoms with Crippen LogP contribution in [0.3, 0.4) is 0 Å². The molecule has 464 valence electrons. The van der Waals surface area contributed by atoms with Gasteiger partial charge in [0, 0.05) is 19.3 Å². The Morgan fingerprint density at radius 3 is 1.21 bits per heavy atom. The molecular weight excluding hydrogens is 975 g/mol. The molecule has 1 fully saturated rings. The summed E-state index contributed by atoms with van der Waals surface area (Å²) >= 11 is 3.55. The highest BCUT2D eigenvalue weighted by Gasteiger charge is 2.15. The van der Waals surface area contributed by atoms with Crippen LogP contribution in [0, 0.1) is 5.92 Å². The summed E-state index contributed by atoms with van der Waals surface area (Å²) in [6, 6.07) is 0. The van der Waals surface area contributed by atoms with E-state index in [2.05, 4.69) is 98.1 Å². The van der Waals surface area contributed by atoms with Crippen LogP contribution in [-0.2, 0) is 33.4 Å². The lowest BCUT2D eigenvalue weighted by Gasteiger charge is -2.18. The van der Waals surface area contributed by atoms with Gasteiger partial charge in [-0.25, -0.2) is 0 Å². The summed E-state index contributed by atoms with van der Waals surface area (Å²) in [6.45, 7) is 34.9. The minimum absolute atomic E-state index is 0.00994. The van der Waals surface area contributed by atoms with Crippen molar-refractivity contribution in [1.29, 1.82) is 0 Å². The molecule has 1 aliphatic rings. The van der Waals surface area contributed by atoms with Crippen LogP contribution in [0.4, 0.5) is 0 Å². The highest BCUT2D eigenvalue weighted by atomic mass is 32.1. The molecule has 1 rings (SSSR count). The second-order valence-corrected chi connectivity index (χ2v) is 22.3. The molecule has 0 aromatic heterocycles. The van der Waals surface area contributed by atoms with Crippen molar-refractivity contribution in [1.82, 2.24) is 4.90 Å². The van der Waals surface area contributed by atoms with Crippen molar-refractivity contribution in [2.45, 2.75) is 365 Å². The van der Waals surface area contributed by atoms with Crippen LogP contribution in [0.1, 0.15) is 359 Å². The van der Waals surface area contributed by atoms with Crippen LogP contribution in [0.2, 0.25) is 0 Å². The zero-order chi connectivity index (χ0) is 58.9. The van der Waals surface area contributed by atoms with Gasteiger partial charge < -0.3 is 19.1 Å². The quantitative estimate of drug-likeness (QED) is 0.0161. The number of esters is 2. The molecule has 0 bridgehead atoms. The number of ether oxygens (including phenoxy) is 3. The molecule has 0 saturated carbocycles. The second kappa shape index (κ2) is 83.0. The summed E-state index contributed by atoms with van der Waals surface area (Å²) in [7, 11) is 0. The summed E-state index contributed by atoms with van der Waals surface area (Å²) in [5, 5.41) is -0.0695. The number of likely N-dealkylation sites (tertiary alicyclic amines) is 1. The molecule has 77 heavy (non-hydrogen) atoms. The van der Waals surface area contributed by atoms with Gasteiger partial charge in [0.15, 0.2) is 5.12 Å². The van der Waals surface area contributed by atoms with Crippen LogP contribution < -0.4 is 0 Å². The number of hydrogen-bond acceptors (Lipinski definition) is 8. The van der Waals surface area contributed by atoms with Crippen molar-refractivity contribution >= 4 is 36.2 Å². The van der Waals surface area contributed by atoms with Crippen LogP contribution in [-0.4, -0.2) is 67.4 Å². The van der Waals surface area contributed by atoms with Gasteiger partial charge in [-0.2, -0.15) is 0 Å². The molecule has 0 N–H and O–H groups in total. The molecule has 0 spiro atoms. The number of carbonyl (C=O) groups excluding carboxylic acids is 4. The van der Waals surface area contributed by atoms with E-state index in [1.165, 1.54) is 206 Å². The van der Waals surface area contributed by atoms with Crippen molar-refractivity contribution in [3.63, 3.8) is 0 Å². The van der Waals surface area contributed by atoms with Crippen molar-refractivity contribution in [2.24, 2.45) is 5.92 Å². The molecule has 0 unspecified atom stereocenters. The van der Waals surface area contributed by atoms with E-state index >= 15 is 0 Å². The van der Waals surface area contributed by atoms with Gasteiger partial charge in [0.25, 0.3) is 6.47 Å². The summed E-state index contributed by atoms with van der Waals surface area (Å²) in [5.41, 5.74) is 0. The van der Waals surface area contributed by atoms with Crippen LogP contribution >= 0.6 is 12.6 Å². The summed E-state index contributed by atoms with van der Waals surface area (Å²) in [5.74, 6) is 0.831. The van der Waals surface area contributed by atoms with Gasteiger partial charge in [-0.15, -0.1) is 19.2 Å². The van der Waals surface area contributed by atoms with Crippen LogP contribution in [0.15, 0.2) is 12.7 Å². The zero-order valence-electron chi connectivity index (χ0n) is 54.2. The minimum atomic E-state index is -0.0695. The third-order valence-electron chi connectivity index (χ3n) is 12.9. The van der Waals surface area contributed by atoms with E-state index in [1.807, 2.05) is 13.8 Å². The first-order valence-corrected chi connectivity index (χ1v) is 33.8. The molecule has 0 aromatic carbocycles. The normalized spacial score (nSPS) is 11.4. The number of carbonyl (C=O) groups is 4. The van der Waals surface area contributed by atoms with E-state index < -0.39 is 0 Å². The first kappa shape index (κ1) is 86.4. The first-order valence-electron chi connectivity index (χ1n) is 33.4. The van der Waals surface area contributed by atoms with Gasteiger partial charge in [-0.05, 0) is 103 Å². The fourth-order valence-electron chi connectivity index (χ4n) is 8.03. The van der Waals surface area contributed by atoms with Gasteiger partial charge >= 0.3 is 11.9 Å². The second-order valence-electron chi connectivity index (χ2n) is 21.8. The SMILES string of the molecule is C=CCCC(=O)S.CC.CC(C)C.CCCC.CCCCCC.CCCCCCCCC(CCCCCCCC)OC(=O)CCCCCCCOC=O.CCCCCCCCCCCOC(=O)CCCCCN1CCCC1. The molecule has 1 aliphatic heterocycles. The Kier molecular flexibility index (Phi) is 93.1. The van der Waals surface area contributed by atoms with Crippen molar-refractivity contribution in [2.75, 3.05) is 32.8 Å². The standard InChI is InChI=1S/C26H50O4.C21H41NO2.C6H14.C5H8OS.2C4H10.C2H6/c1-3-5-7-9-12-16-20-25(21-17-13-10-8-6-4-2)30-26(28)22-18-14-11-15-19-23-29-24-27;1-2-3-4-5-6-7-8-9-15-20-24-21(23)16-11-10-12-17-22-18-13-14-19-22;1-3-5-6-4-2;1-2-3-4-5(6)7;1-4(2)3;1-3-4-2;1-2/h24-25H,3-23H2,1-2H3;2-20H2,1H3;3-6H2,1-2H3;2H,1,3-4H2,(H,6,7);4H,1-3H3;3-4H2,1-2H3;1-2H3. The first-order chi connectivity index (χ1) is 37.4. The lowest BCUT2D eigenvalue weighted by atomic mass is 10.0. The van der Waals surface area contributed by atoms with Gasteiger partial charge in [0.05, 0.1) is 13.2 Å². The molecule has 1 saturated heterocycles. The van der Waals surface area contributed by atoms with E-state index in [-0.39, 0.29) is 23.2 Å². The van der Waals surface area contributed by atoms with Crippen LogP contribution in [0.5, 0.6) is 0 Å². The van der Waals surface area contributed by atoms with Gasteiger partial charge in [-0.1, -0.05) is 269 Å². The Hall–Kier alpha value is -1.87. The Labute approximate surface area is 488 Å². The van der Waals surface area contributed by atoms with Gasteiger partial charge in [0.2, 0.25) is 0 Å². The number of hydrogen-bond donors (Lipinski definition) is 1. The largest absolute Gasteiger partial charge is 0.468 e. The maximum absolute atomic E-state index is 12.3. The molecule has 1 heterocycles. The summed E-state index contributed by atoms with van der Waals surface area (Å²) in [4.78, 5) is 46.6. The zero-order valence-corrected chi connectivity index (χ0v) is 55.1. The monoisotopic (exact) mass is 1110 g/mol. The molecule has 9 heteroatoms. The Morgan fingerprint density at radius 2 is 0.831 bits per heavy atom. The number of rotatable bonds is 47. The third kappa shape index (κ3) is 96.8. The topological polar surface area (TPSA) is 99.2 Å². The average Bonchev–Trinajstić information content (AvgIpc) is 3.95. The Bertz CT molecular complexity index is 1070. The molecule has 0 aliphatic carbocycles. The number of nitrogens with zero attached hydrogens (tertiary/aromatic N) is 1. The molecule has 8 nitrogen and oxygen atoms in total. The lowest BCUT2D eigenvalue weighted by Crippen LogP contribution is -2.20. The van der Waals surface area contributed by atoms with Crippen molar-refractivity contribution in [3.05, 3.63) is 12.7 Å². The molecule has 0 aromatic rings. The highest BCUT2D eigenvalue weighted by molar-refractivity contribution is 7.96. The van der Waals surface area contributed by atoms with Crippen LogP contribution in [0.25, 0.3) is 0 Å². The molecule has 0 atom stereocenters. The smallest absolute Gasteiger partial charge is 0.306 e. The van der Waals surface area contributed by atoms with E-state index in [0.29, 0.717) is 38.9 Å². The van der Waals surface area contributed by atoms with Gasteiger partial charge in [-0.3, -0.25) is 19.2 Å². The van der Waals surface area contributed by atoms with Gasteiger partial charge in [0.1, 0.15) is 6.10 Å². The summed E-state index contributed by atoms with van der Waals surface area (Å²) < 4.78 is 15.9.